The standard InChI is InChI=1S/C14H22FNO4/c1-16-8-11-4-3-5-13(15)14(11)20-10-12(17)9-19-7-6-18-2/h3-5,12,16-17H,6-10H2,1-2H3. The number of rotatable bonds is 10. The molecule has 0 radical (unpaired) electrons. The second kappa shape index (κ2) is 9.66. The van der Waals surface area contributed by atoms with Crippen molar-refractivity contribution in [1.82, 2.24) is 5.32 Å². The largest absolute Gasteiger partial charge is 0.487 e. The molecular formula is C14H22FNO4. The monoisotopic (exact) mass is 287 g/mol. The highest BCUT2D eigenvalue weighted by molar-refractivity contribution is 5.34. The summed E-state index contributed by atoms with van der Waals surface area (Å²) in [5.41, 5.74) is 0.708. The van der Waals surface area contributed by atoms with Crippen LogP contribution in [0, 0.1) is 5.82 Å². The van der Waals surface area contributed by atoms with Crippen LogP contribution in [-0.2, 0) is 16.0 Å². The Bertz CT molecular complexity index is 389. The number of nitrogens with one attached hydrogen (secondary N) is 1. The van der Waals surface area contributed by atoms with E-state index in [0.29, 0.717) is 25.3 Å². The van der Waals surface area contributed by atoms with Crippen molar-refractivity contribution in [2.24, 2.45) is 0 Å². The Morgan fingerprint density at radius 2 is 2.10 bits per heavy atom. The molecule has 0 aliphatic heterocycles. The first-order valence-corrected chi connectivity index (χ1v) is 6.48. The van der Waals surface area contributed by atoms with Gasteiger partial charge >= 0.3 is 0 Å². The van der Waals surface area contributed by atoms with Crippen LogP contribution in [0.2, 0.25) is 0 Å². The van der Waals surface area contributed by atoms with E-state index in [1.165, 1.54) is 6.07 Å². The fourth-order valence-corrected chi connectivity index (χ4v) is 1.63. The maximum Gasteiger partial charge on any atom is 0.165 e. The van der Waals surface area contributed by atoms with Crippen molar-refractivity contribution >= 4 is 0 Å². The Balaban J connectivity index is 2.44. The van der Waals surface area contributed by atoms with Gasteiger partial charge < -0.3 is 24.6 Å². The van der Waals surface area contributed by atoms with Gasteiger partial charge in [0.25, 0.3) is 0 Å². The number of aliphatic hydroxyl groups is 1. The number of hydrogen-bond donors (Lipinski definition) is 2. The molecule has 0 aliphatic rings. The average Bonchev–Trinajstić information content (AvgIpc) is 2.43. The quantitative estimate of drug-likeness (QED) is 0.627. The lowest BCUT2D eigenvalue weighted by Crippen LogP contribution is -2.25. The Labute approximate surface area is 118 Å². The van der Waals surface area contributed by atoms with Gasteiger partial charge in [-0.05, 0) is 13.1 Å². The summed E-state index contributed by atoms with van der Waals surface area (Å²) in [5.74, 6) is -0.275. The van der Waals surface area contributed by atoms with Crippen LogP contribution >= 0.6 is 0 Å². The minimum Gasteiger partial charge on any atom is -0.487 e. The van der Waals surface area contributed by atoms with Gasteiger partial charge in [0.15, 0.2) is 11.6 Å². The van der Waals surface area contributed by atoms with Gasteiger partial charge in [-0.1, -0.05) is 12.1 Å². The molecule has 1 atom stereocenters. The molecule has 20 heavy (non-hydrogen) atoms. The number of benzene rings is 1. The molecule has 1 aromatic rings. The number of ether oxygens (including phenoxy) is 3. The van der Waals surface area contributed by atoms with Gasteiger partial charge in [-0.3, -0.25) is 0 Å². The van der Waals surface area contributed by atoms with Gasteiger partial charge in [0.05, 0.1) is 19.8 Å². The van der Waals surface area contributed by atoms with E-state index < -0.39 is 11.9 Å². The van der Waals surface area contributed by atoms with E-state index in [4.69, 9.17) is 14.2 Å². The van der Waals surface area contributed by atoms with Crippen molar-refractivity contribution in [3.63, 3.8) is 0 Å². The zero-order valence-corrected chi connectivity index (χ0v) is 11.9. The number of halogens is 1. The summed E-state index contributed by atoms with van der Waals surface area (Å²) in [7, 11) is 3.34. The van der Waals surface area contributed by atoms with E-state index in [9.17, 15) is 9.50 Å². The zero-order chi connectivity index (χ0) is 14.8. The summed E-state index contributed by atoms with van der Waals surface area (Å²) in [6, 6.07) is 4.73. The van der Waals surface area contributed by atoms with Crippen LogP contribution < -0.4 is 10.1 Å². The van der Waals surface area contributed by atoms with Crippen molar-refractivity contribution in [3.05, 3.63) is 29.6 Å². The highest BCUT2D eigenvalue weighted by Gasteiger charge is 2.12. The SMILES string of the molecule is CNCc1cccc(F)c1OCC(O)COCCOC. The molecule has 0 heterocycles. The van der Waals surface area contributed by atoms with Gasteiger partial charge in [-0.2, -0.15) is 0 Å². The molecule has 0 amide bonds. The van der Waals surface area contributed by atoms with Crippen molar-refractivity contribution in [2.45, 2.75) is 12.6 Å². The van der Waals surface area contributed by atoms with E-state index in [1.807, 2.05) is 0 Å². The Morgan fingerprint density at radius 1 is 1.30 bits per heavy atom. The van der Waals surface area contributed by atoms with Crippen molar-refractivity contribution in [1.29, 1.82) is 0 Å². The molecule has 0 aliphatic carbocycles. The van der Waals surface area contributed by atoms with Crippen molar-refractivity contribution in [2.75, 3.05) is 40.6 Å². The normalized spacial score (nSPS) is 12.4. The molecule has 1 unspecified atom stereocenters. The fourth-order valence-electron chi connectivity index (χ4n) is 1.63. The number of methoxy groups -OCH3 is 1. The van der Waals surface area contributed by atoms with Crippen LogP contribution in [0.1, 0.15) is 5.56 Å². The van der Waals surface area contributed by atoms with Crippen molar-refractivity contribution in [3.8, 4) is 5.75 Å². The fraction of sp³-hybridized carbons (Fsp3) is 0.571. The Hall–Kier alpha value is -1.21. The highest BCUT2D eigenvalue weighted by Crippen LogP contribution is 2.22. The van der Waals surface area contributed by atoms with Crippen LogP contribution in [0.15, 0.2) is 18.2 Å². The third-order valence-electron chi connectivity index (χ3n) is 2.58. The molecule has 5 nitrogen and oxygen atoms in total. The molecule has 1 rings (SSSR count). The third-order valence-corrected chi connectivity index (χ3v) is 2.58. The summed E-state index contributed by atoms with van der Waals surface area (Å²) in [6.07, 6.45) is -0.811. The molecule has 0 bridgehead atoms. The van der Waals surface area contributed by atoms with E-state index in [0.717, 1.165) is 0 Å². The molecule has 0 saturated carbocycles. The first kappa shape index (κ1) is 16.8. The number of para-hydroxylation sites is 1. The maximum absolute atomic E-state index is 13.7. The maximum atomic E-state index is 13.7. The summed E-state index contributed by atoms with van der Waals surface area (Å²) >= 11 is 0. The van der Waals surface area contributed by atoms with Crippen LogP contribution in [0.5, 0.6) is 5.75 Å². The van der Waals surface area contributed by atoms with Gasteiger partial charge in [0, 0.05) is 19.2 Å². The summed E-state index contributed by atoms with van der Waals surface area (Å²) in [4.78, 5) is 0. The average molecular weight is 287 g/mol. The molecule has 2 N–H and O–H groups in total. The summed E-state index contributed by atoms with van der Waals surface area (Å²) in [5, 5.41) is 12.6. The molecular weight excluding hydrogens is 265 g/mol. The summed E-state index contributed by atoms with van der Waals surface area (Å²) in [6.45, 7) is 1.46. The first-order valence-electron chi connectivity index (χ1n) is 6.48. The number of aliphatic hydroxyl groups excluding tert-OH is 1. The molecule has 0 saturated heterocycles. The first-order chi connectivity index (χ1) is 9.69. The molecule has 114 valence electrons. The molecule has 6 heteroatoms. The minimum atomic E-state index is -0.811. The Kier molecular flexibility index (Phi) is 8.13. The second-order valence-corrected chi connectivity index (χ2v) is 4.29. The van der Waals surface area contributed by atoms with Crippen LogP contribution in [0.4, 0.5) is 4.39 Å². The minimum absolute atomic E-state index is 0.0232. The Morgan fingerprint density at radius 3 is 2.80 bits per heavy atom. The van der Waals surface area contributed by atoms with E-state index >= 15 is 0 Å². The molecule has 1 aromatic carbocycles. The van der Waals surface area contributed by atoms with Gasteiger partial charge in [0.1, 0.15) is 12.7 Å². The van der Waals surface area contributed by atoms with Gasteiger partial charge in [0.2, 0.25) is 0 Å². The third kappa shape index (κ3) is 5.83. The van der Waals surface area contributed by atoms with E-state index in [2.05, 4.69) is 5.32 Å². The lowest BCUT2D eigenvalue weighted by molar-refractivity contribution is -0.00483. The predicted molar refractivity (Wildman–Crippen MR) is 73.4 cm³/mol. The van der Waals surface area contributed by atoms with E-state index in [1.54, 1.807) is 26.3 Å². The molecule has 0 spiro atoms. The number of hydrogen-bond acceptors (Lipinski definition) is 5. The lowest BCUT2D eigenvalue weighted by Gasteiger charge is -2.15. The highest BCUT2D eigenvalue weighted by atomic mass is 19.1. The zero-order valence-electron chi connectivity index (χ0n) is 11.9. The smallest absolute Gasteiger partial charge is 0.165 e. The molecule has 0 fully saturated rings. The summed E-state index contributed by atoms with van der Waals surface area (Å²) < 4.78 is 29.0. The van der Waals surface area contributed by atoms with Gasteiger partial charge in [-0.25, -0.2) is 4.39 Å². The molecule has 0 aromatic heterocycles. The lowest BCUT2D eigenvalue weighted by atomic mass is 10.2. The van der Waals surface area contributed by atoms with Crippen LogP contribution in [0.3, 0.4) is 0 Å². The second-order valence-electron chi connectivity index (χ2n) is 4.29. The van der Waals surface area contributed by atoms with Crippen LogP contribution in [0.25, 0.3) is 0 Å². The topological polar surface area (TPSA) is 60.0 Å². The van der Waals surface area contributed by atoms with Crippen molar-refractivity contribution < 1.29 is 23.7 Å². The van der Waals surface area contributed by atoms with Crippen LogP contribution in [-0.4, -0.2) is 51.8 Å². The van der Waals surface area contributed by atoms with Gasteiger partial charge in [-0.15, -0.1) is 0 Å². The predicted octanol–water partition coefficient (Wildman–Crippen LogP) is 0.948. The van der Waals surface area contributed by atoms with E-state index in [-0.39, 0.29) is 19.0 Å².